The molecular formula is C20H27NO4. The largest absolute Gasteiger partial charge is 0.486 e. The van der Waals surface area contributed by atoms with Crippen molar-refractivity contribution in [3.05, 3.63) is 23.3 Å². The number of benzene rings is 1. The molecule has 25 heavy (non-hydrogen) atoms. The Labute approximate surface area is 148 Å². The fourth-order valence-electron chi connectivity index (χ4n) is 4.82. The van der Waals surface area contributed by atoms with Gasteiger partial charge in [0.2, 0.25) is 0 Å². The average molecular weight is 345 g/mol. The van der Waals surface area contributed by atoms with Crippen molar-refractivity contribution in [3.63, 3.8) is 0 Å². The number of aliphatic hydroxyl groups is 1. The molecule has 4 rings (SSSR count). The third kappa shape index (κ3) is 2.78. The molecule has 0 unspecified atom stereocenters. The number of fused-ring (bicyclic) bond motifs is 2. The van der Waals surface area contributed by atoms with E-state index in [1.54, 1.807) is 0 Å². The predicted octanol–water partition coefficient (Wildman–Crippen LogP) is 2.78. The lowest BCUT2D eigenvalue weighted by molar-refractivity contribution is -0.0609. The van der Waals surface area contributed by atoms with Gasteiger partial charge in [-0.2, -0.15) is 0 Å². The van der Waals surface area contributed by atoms with E-state index in [-0.39, 0.29) is 11.8 Å². The third-order valence-corrected chi connectivity index (χ3v) is 6.33. The summed E-state index contributed by atoms with van der Waals surface area (Å²) < 4.78 is 11.2. The van der Waals surface area contributed by atoms with Crippen molar-refractivity contribution in [1.82, 2.24) is 4.90 Å². The summed E-state index contributed by atoms with van der Waals surface area (Å²) in [6.45, 7) is 6.46. The van der Waals surface area contributed by atoms with E-state index >= 15 is 0 Å². The molecule has 1 aliphatic carbocycles. The Morgan fingerprint density at radius 1 is 1.28 bits per heavy atom. The van der Waals surface area contributed by atoms with Crippen molar-refractivity contribution in [2.24, 2.45) is 11.8 Å². The highest BCUT2D eigenvalue weighted by molar-refractivity contribution is 5.96. The summed E-state index contributed by atoms with van der Waals surface area (Å²) in [5.41, 5.74) is 0.984. The number of carbonyl (C=O) groups is 1. The molecule has 5 nitrogen and oxygen atoms in total. The van der Waals surface area contributed by atoms with E-state index in [0.29, 0.717) is 37.0 Å². The topological polar surface area (TPSA) is 59.0 Å². The molecule has 1 saturated carbocycles. The SMILES string of the molecule is CC[C@]1(O)CCC[C@H]2CN(C(=O)c3cc4c(cc3C)OCCO4)C[C@H]21. The van der Waals surface area contributed by atoms with E-state index in [4.69, 9.17) is 9.47 Å². The molecule has 2 heterocycles. The number of aryl methyl sites for hydroxylation is 1. The molecule has 1 aromatic carbocycles. The minimum absolute atomic E-state index is 0.0438. The van der Waals surface area contributed by atoms with Crippen LogP contribution in [0.15, 0.2) is 12.1 Å². The molecule has 1 N–H and O–H groups in total. The van der Waals surface area contributed by atoms with Crippen LogP contribution < -0.4 is 9.47 Å². The van der Waals surface area contributed by atoms with Crippen molar-refractivity contribution in [2.45, 2.75) is 45.1 Å². The number of rotatable bonds is 2. The normalized spacial score (nSPS) is 30.9. The lowest BCUT2D eigenvalue weighted by atomic mass is 9.69. The second kappa shape index (κ2) is 6.20. The molecule has 2 aliphatic heterocycles. The van der Waals surface area contributed by atoms with Gasteiger partial charge in [0.1, 0.15) is 13.2 Å². The predicted molar refractivity (Wildman–Crippen MR) is 94.1 cm³/mol. The van der Waals surface area contributed by atoms with E-state index in [1.807, 2.05) is 24.0 Å². The number of hydrogen-bond donors (Lipinski definition) is 1. The van der Waals surface area contributed by atoms with Gasteiger partial charge in [0.25, 0.3) is 5.91 Å². The molecule has 0 bridgehead atoms. The van der Waals surface area contributed by atoms with Crippen LogP contribution in [0.5, 0.6) is 11.5 Å². The van der Waals surface area contributed by atoms with Crippen LogP contribution in [0.4, 0.5) is 0 Å². The Balaban J connectivity index is 1.58. The van der Waals surface area contributed by atoms with Crippen molar-refractivity contribution in [2.75, 3.05) is 26.3 Å². The molecule has 0 spiro atoms. The molecule has 0 radical (unpaired) electrons. The van der Waals surface area contributed by atoms with Crippen molar-refractivity contribution < 1.29 is 19.4 Å². The smallest absolute Gasteiger partial charge is 0.254 e. The number of ether oxygens (including phenoxy) is 2. The van der Waals surface area contributed by atoms with Crippen LogP contribution in [0.3, 0.4) is 0 Å². The molecule has 0 aromatic heterocycles. The highest BCUT2D eigenvalue weighted by Crippen LogP contribution is 2.45. The standard InChI is InChI=1S/C20H27NO4/c1-3-20(23)6-4-5-14-11-21(12-16(14)20)19(22)15-10-18-17(9-13(15)2)24-7-8-25-18/h9-10,14,16,23H,3-8,11-12H2,1-2H3/t14-,16+,20-/m0/s1. The summed E-state index contributed by atoms with van der Waals surface area (Å²) in [6, 6.07) is 3.72. The Hall–Kier alpha value is -1.75. The molecule has 1 aromatic rings. The van der Waals surface area contributed by atoms with Gasteiger partial charge in [-0.05, 0) is 49.8 Å². The fraction of sp³-hybridized carbons (Fsp3) is 0.650. The molecule has 5 heteroatoms. The Bertz CT molecular complexity index is 689. The summed E-state index contributed by atoms with van der Waals surface area (Å²) in [6.07, 6.45) is 3.78. The first kappa shape index (κ1) is 16.7. The molecule has 2 fully saturated rings. The second-order valence-corrected chi connectivity index (χ2v) is 7.74. The van der Waals surface area contributed by atoms with Crippen molar-refractivity contribution in [3.8, 4) is 11.5 Å². The number of carbonyl (C=O) groups excluding carboxylic acids is 1. The van der Waals surface area contributed by atoms with Gasteiger partial charge in [-0.25, -0.2) is 0 Å². The summed E-state index contributed by atoms with van der Waals surface area (Å²) >= 11 is 0. The third-order valence-electron chi connectivity index (χ3n) is 6.33. The van der Waals surface area contributed by atoms with Crippen LogP contribution in [0.25, 0.3) is 0 Å². The summed E-state index contributed by atoms with van der Waals surface area (Å²) in [4.78, 5) is 15.1. The summed E-state index contributed by atoms with van der Waals surface area (Å²) in [5.74, 6) is 2.04. The van der Waals surface area contributed by atoms with Crippen LogP contribution in [-0.2, 0) is 0 Å². The minimum Gasteiger partial charge on any atom is -0.486 e. The van der Waals surface area contributed by atoms with Gasteiger partial charge in [0.05, 0.1) is 5.60 Å². The van der Waals surface area contributed by atoms with Gasteiger partial charge in [-0.1, -0.05) is 13.3 Å². The van der Waals surface area contributed by atoms with Crippen LogP contribution in [0.1, 0.15) is 48.5 Å². The lowest BCUT2D eigenvalue weighted by Gasteiger charge is -2.40. The van der Waals surface area contributed by atoms with Gasteiger partial charge >= 0.3 is 0 Å². The average Bonchev–Trinajstić information content (AvgIpc) is 3.06. The quantitative estimate of drug-likeness (QED) is 0.895. The van der Waals surface area contributed by atoms with Crippen LogP contribution >= 0.6 is 0 Å². The maximum atomic E-state index is 13.1. The first-order chi connectivity index (χ1) is 12.0. The highest BCUT2D eigenvalue weighted by Gasteiger charge is 2.48. The number of amides is 1. The summed E-state index contributed by atoms with van der Waals surface area (Å²) in [5, 5.41) is 11.0. The zero-order valence-corrected chi connectivity index (χ0v) is 15.1. The number of nitrogens with zero attached hydrogens (tertiary/aromatic N) is 1. The molecule has 1 saturated heterocycles. The van der Waals surface area contributed by atoms with Gasteiger partial charge in [-0.3, -0.25) is 4.79 Å². The second-order valence-electron chi connectivity index (χ2n) is 7.74. The van der Waals surface area contributed by atoms with Gasteiger partial charge < -0.3 is 19.5 Å². The van der Waals surface area contributed by atoms with E-state index < -0.39 is 5.60 Å². The van der Waals surface area contributed by atoms with Gasteiger partial charge in [-0.15, -0.1) is 0 Å². The zero-order chi connectivity index (χ0) is 17.6. The van der Waals surface area contributed by atoms with E-state index in [0.717, 1.165) is 43.5 Å². The van der Waals surface area contributed by atoms with Gasteiger partial charge in [0, 0.05) is 24.6 Å². The maximum Gasteiger partial charge on any atom is 0.254 e. The van der Waals surface area contributed by atoms with Crippen molar-refractivity contribution >= 4 is 5.91 Å². The Kier molecular flexibility index (Phi) is 4.14. The van der Waals surface area contributed by atoms with Gasteiger partial charge in [0.15, 0.2) is 11.5 Å². The monoisotopic (exact) mass is 345 g/mol. The molecule has 3 atom stereocenters. The molecule has 136 valence electrons. The van der Waals surface area contributed by atoms with E-state index in [9.17, 15) is 9.90 Å². The number of likely N-dealkylation sites (tertiary alicyclic amines) is 1. The van der Waals surface area contributed by atoms with E-state index in [2.05, 4.69) is 6.92 Å². The lowest BCUT2D eigenvalue weighted by Crippen LogP contribution is -2.44. The number of hydrogen-bond acceptors (Lipinski definition) is 4. The highest BCUT2D eigenvalue weighted by atomic mass is 16.6. The Morgan fingerprint density at radius 2 is 2.00 bits per heavy atom. The maximum absolute atomic E-state index is 13.1. The first-order valence-corrected chi connectivity index (χ1v) is 9.44. The zero-order valence-electron chi connectivity index (χ0n) is 15.1. The summed E-state index contributed by atoms with van der Waals surface area (Å²) in [7, 11) is 0. The van der Waals surface area contributed by atoms with Crippen molar-refractivity contribution in [1.29, 1.82) is 0 Å². The van der Waals surface area contributed by atoms with E-state index in [1.165, 1.54) is 0 Å². The Morgan fingerprint density at radius 3 is 2.72 bits per heavy atom. The minimum atomic E-state index is -0.611. The molecule has 1 amide bonds. The molecular weight excluding hydrogens is 318 g/mol. The fourth-order valence-corrected chi connectivity index (χ4v) is 4.82. The van der Waals surface area contributed by atoms with Crippen LogP contribution in [0.2, 0.25) is 0 Å². The van der Waals surface area contributed by atoms with Crippen LogP contribution in [0, 0.1) is 18.8 Å². The first-order valence-electron chi connectivity index (χ1n) is 9.44. The van der Waals surface area contributed by atoms with Crippen LogP contribution in [-0.4, -0.2) is 47.8 Å². The molecule has 3 aliphatic rings.